The Labute approximate surface area is 147 Å². The van der Waals surface area contributed by atoms with Crippen molar-refractivity contribution in [2.45, 2.75) is 25.9 Å². The first-order valence-corrected chi connectivity index (χ1v) is 7.33. The van der Waals surface area contributed by atoms with E-state index in [0.29, 0.717) is 13.0 Å². The minimum Gasteiger partial charge on any atom is -0.340 e. The van der Waals surface area contributed by atoms with E-state index in [1.54, 1.807) is 23.3 Å². The van der Waals surface area contributed by atoms with Gasteiger partial charge in [-0.25, -0.2) is 4.98 Å². The number of thiazole rings is 1. The van der Waals surface area contributed by atoms with Crippen molar-refractivity contribution in [3.8, 4) is 0 Å². The number of nitrogens with two attached hydrogens (primary N) is 1. The summed E-state index contributed by atoms with van der Waals surface area (Å²) in [6, 6.07) is 9.45. The summed E-state index contributed by atoms with van der Waals surface area (Å²) in [7, 11) is 1.80. The number of benzene rings is 1. The van der Waals surface area contributed by atoms with E-state index in [4.69, 9.17) is 5.73 Å². The molecule has 1 amide bonds. The molecule has 1 heterocycles. The van der Waals surface area contributed by atoms with E-state index in [2.05, 4.69) is 4.98 Å². The first-order chi connectivity index (χ1) is 9.56. The zero-order chi connectivity index (χ0) is 14.5. The van der Waals surface area contributed by atoms with Gasteiger partial charge in [0.2, 0.25) is 5.91 Å². The Hall–Kier alpha value is -1.14. The summed E-state index contributed by atoms with van der Waals surface area (Å²) < 4.78 is 0. The molecule has 0 saturated carbocycles. The standard InChI is InChI=1S/C15H19N3OS.2ClH/c1-11-17-9-13(20-11)10-18(2)15(19)8-14(16)12-6-4-3-5-7-12;;/h3-7,9,14H,8,10,16H2,1-2H3;2*1H. The third kappa shape index (κ3) is 5.93. The van der Waals surface area contributed by atoms with Crippen LogP contribution in [0.5, 0.6) is 0 Å². The molecule has 0 aliphatic carbocycles. The molecule has 1 aromatic heterocycles. The first kappa shape index (κ1) is 20.9. The van der Waals surface area contributed by atoms with Gasteiger partial charge in [-0.3, -0.25) is 4.79 Å². The lowest BCUT2D eigenvalue weighted by atomic mass is 10.0. The molecule has 0 bridgehead atoms. The van der Waals surface area contributed by atoms with Crippen molar-refractivity contribution in [2.75, 3.05) is 7.05 Å². The van der Waals surface area contributed by atoms with Crippen molar-refractivity contribution in [3.63, 3.8) is 0 Å². The lowest BCUT2D eigenvalue weighted by Gasteiger charge is -2.19. The number of carbonyl (C=O) groups excluding carboxylic acids is 1. The molecule has 0 spiro atoms. The Balaban J connectivity index is 0.00000220. The second kappa shape index (κ2) is 9.79. The van der Waals surface area contributed by atoms with Crippen LogP contribution in [-0.2, 0) is 11.3 Å². The number of hydrogen-bond donors (Lipinski definition) is 1. The maximum Gasteiger partial charge on any atom is 0.224 e. The van der Waals surface area contributed by atoms with Crippen LogP contribution in [0.1, 0.15) is 27.9 Å². The molecule has 2 N–H and O–H groups in total. The van der Waals surface area contributed by atoms with Crippen molar-refractivity contribution in [2.24, 2.45) is 5.73 Å². The molecule has 0 saturated heterocycles. The quantitative estimate of drug-likeness (QED) is 0.888. The minimum absolute atomic E-state index is 0. The summed E-state index contributed by atoms with van der Waals surface area (Å²) >= 11 is 1.61. The summed E-state index contributed by atoms with van der Waals surface area (Å²) in [5, 5.41) is 1.02. The maximum atomic E-state index is 12.2. The molecule has 22 heavy (non-hydrogen) atoms. The molecule has 2 rings (SSSR count). The number of aromatic nitrogens is 1. The molecule has 122 valence electrons. The minimum atomic E-state index is -0.255. The molecule has 0 aliphatic heterocycles. The van der Waals surface area contributed by atoms with E-state index in [-0.39, 0.29) is 36.8 Å². The van der Waals surface area contributed by atoms with Crippen LogP contribution in [0.3, 0.4) is 0 Å². The molecular weight excluding hydrogens is 341 g/mol. The van der Waals surface area contributed by atoms with Gasteiger partial charge in [-0.05, 0) is 12.5 Å². The number of nitrogens with zero attached hydrogens (tertiary/aromatic N) is 2. The molecule has 1 aromatic carbocycles. The van der Waals surface area contributed by atoms with Gasteiger partial charge < -0.3 is 10.6 Å². The molecule has 2 aromatic rings. The van der Waals surface area contributed by atoms with E-state index < -0.39 is 0 Å². The van der Waals surface area contributed by atoms with Crippen LogP contribution in [0.2, 0.25) is 0 Å². The highest BCUT2D eigenvalue weighted by Crippen LogP contribution is 2.17. The Morgan fingerprint density at radius 1 is 1.32 bits per heavy atom. The number of amides is 1. The van der Waals surface area contributed by atoms with Crippen LogP contribution >= 0.6 is 36.2 Å². The number of hydrogen-bond acceptors (Lipinski definition) is 4. The molecule has 1 unspecified atom stereocenters. The molecule has 0 fully saturated rings. The highest BCUT2D eigenvalue weighted by Gasteiger charge is 2.15. The smallest absolute Gasteiger partial charge is 0.224 e. The second-order valence-corrected chi connectivity index (χ2v) is 6.14. The predicted octanol–water partition coefficient (Wildman–Crippen LogP) is 3.34. The van der Waals surface area contributed by atoms with Gasteiger partial charge in [0.05, 0.1) is 11.6 Å². The van der Waals surface area contributed by atoms with Crippen LogP contribution in [-0.4, -0.2) is 22.8 Å². The fourth-order valence-corrected chi connectivity index (χ4v) is 2.81. The summed E-state index contributed by atoms with van der Waals surface area (Å²) in [5.74, 6) is 0.0485. The number of rotatable bonds is 5. The van der Waals surface area contributed by atoms with E-state index in [1.165, 1.54) is 0 Å². The van der Waals surface area contributed by atoms with Gasteiger partial charge in [0.15, 0.2) is 0 Å². The van der Waals surface area contributed by atoms with Gasteiger partial charge in [0.25, 0.3) is 0 Å². The van der Waals surface area contributed by atoms with Gasteiger partial charge in [-0.2, -0.15) is 0 Å². The molecule has 4 nitrogen and oxygen atoms in total. The van der Waals surface area contributed by atoms with E-state index in [1.807, 2.05) is 43.5 Å². The monoisotopic (exact) mass is 361 g/mol. The van der Waals surface area contributed by atoms with Crippen LogP contribution in [0, 0.1) is 6.92 Å². The molecule has 7 heteroatoms. The van der Waals surface area contributed by atoms with Crippen molar-refractivity contribution < 1.29 is 4.79 Å². The van der Waals surface area contributed by atoms with Crippen molar-refractivity contribution in [3.05, 3.63) is 52.0 Å². The fourth-order valence-electron chi connectivity index (χ4n) is 1.96. The summed E-state index contributed by atoms with van der Waals surface area (Å²) in [4.78, 5) is 19.2. The van der Waals surface area contributed by atoms with Gasteiger partial charge >= 0.3 is 0 Å². The SMILES string of the molecule is Cc1ncc(CN(C)C(=O)CC(N)c2ccccc2)s1.Cl.Cl. The largest absolute Gasteiger partial charge is 0.340 e. The van der Waals surface area contributed by atoms with Crippen LogP contribution in [0.4, 0.5) is 0 Å². The average Bonchev–Trinajstić information content (AvgIpc) is 2.85. The Morgan fingerprint density at radius 3 is 2.50 bits per heavy atom. The fraction of sp³-hybridized carbons (Fsp3) is 0.333. The summed E-state index contributed by atoms with van der Waals surface area (Å²) in [6.45, 7) is 2.55. The normalized spacial score (nSPS) is 11.0. The third-order valence-electron chi connectivity index (χ3n) is 3.11. The van der Waals surface area contributed by atoms with Crippen molar-refractivity contribution in [1.29, 1.82) is 0 Å². The molecule has 0 aliphatic rings. The zero-order valence-electron chi connectivity index (χ0n) is 12.6. The summed E-state index contributed by atoms with van der Waals surface area (Å²) in [5.41, 5.74) is 7.06. The van der Waals surface area contributed by atoms with E-state index in [9.17, 15) is 4.79 Å². The summed E-state index contributed by atoms with van der Waals surface area (Å²) in [6.07, 6.45) is 2.14. The Bertz CT molecular complexity index is 577. The third-order valence-corrected chi connectivity index (χ3v) is 4.01. The maximum absolute atomic E-state index is 12.2. The zero-order valence-corrected chi connectivity index (χ0v) is 15.0. The highest BCUT2D eigenvalue weighted by molar-refractivity contribution is 7.11. The molecular formula is C15H21Cl2N3OS. The first-order valence-electron chi connectivity index (χ1n) is 6.52. The van der Waals surface area contributed by atoms with Crippen molar-refractivity contribution in [1.82, 2.24) is 9.88 Å². The lowest BCUT2D eigenvalue weighted by Crippen LogP contribution is -2.29. The Morgan fingerprint density at radius 2 is 1.95 bits per heavy atom. The van der Waals surface area contributed by atoms with Gasteiger partial charge in [-0.1, -0.05) is 30.3 Å². The highest BCUT2D eigenvalue weighted by atomic mass is 35.5. The Kier molecular flexibility index (Phi) is 9.28. The van der Waals surface area contributed by atoms with Crippen LogP contribution in [0.15, 0.2) is 36.5 Å². The average molecular weight is 362 g/mol. The topological polar surface area (TPSA) is 59.2 Å². The molecule has 1 atom stereocenters. The van der Waals surface area contributed by atoms with E-state index in [0.717, 1.165) is 15.4 Å². The van der Waals surface area contributed by atoms with Gasteiger partial charge in [0.1, 0.15) is 0 Å². The van der Waals surface area contributed by atoms with Crippen LogP contribution in [0.25, 0.3) is 0 Å². The van der Waals surface area contributed by atoms with Crippen LogP contribution < -0.4 is 5.73 Å². The van der Waals surface area contributed by atoms with Gasteiger partial charge in [-0.15, -0.1) is 36.2 Å². The van der Waals surface area contributed by atoms with E-state index >= 15 is 0 Å². The number of aryl methyl sites for hydroxylation is 1. The predicted molar refractivity (Wildman–Crippen MR) is 95.8 cm³/mol. The number of halogens is 2. The molecule has 0 radical (unpaired) electrons. The number of carbonyl (C=O) groups is 1. The van der Waals surface area contributed by atoms with Crippen molar-refractivity contribution >= 4 is 42.1 Å². The van der Waals surface area contributed by atoms with Gasteiger partial charge in [0, 0.05) is 30.6 Å². The second-order valence-electron chi connectivity index (χ2n) is 4.82. The lowest BCUT2D eigenvalue weighted by molar-refractivity contribution is -0.130.